The zero-order valence-corrected chi connectivity index (χ0v) is 12.5. The molecule has 3 heterocycles. The third-order valence-corrected chi connectivity index (χ3v) is 4.37. The fraction of sp³-hybridized carbons (Fsp3) is 0.467. The molecule has 0 atom stereocenters. The molecule has 0 unspecified atom stereocenters. The van der Waals surface area contributed by atoms with E-state index < -0.39 is 12.1 Å². The fourth-order valence-electron chi connectivity index (χ4n) is 3.02. The van der Waals surface area contributed by atoms with Gasteiger partial charge in [0.25, 0.3) is 11.5 Å². The summed E-state index contributed by atoms with van der Waals surface area (Å²) in [7, 11) is 1.54. The highest BCUT2D eigenvalue weighted by Gasteiger charge is 2.41. The SMILES string of the molecule is Cn1cc(C(=O)N2CCC(C(F)(F)F)CC2)c2cc[nH]c2c1=O. The number of aromatic amines is 1. The summed E-state index contributed by atoms with van der Waals surface area (Å²) in [6.07, 6.45) is -1.37. The quantitative estimate of drug-likeness (QED) is 0.874. The van der Waals surface area contributed by atoms with Crippen molar-refractivity contribution in [3.63, 3.8) is 0 Å². The first-order valence-corrected chi connectivity index (χ1v) is 7.31. The minimum Gasteiger partial charge on any atom is -0.357 e. The number of alkyl halides is 3. The maximum Gasteiger partial charge on any atom is 0.391 e. The first-order chi connectivity index (χ1) is 10.8. The number of piperidine rings is 1. The van der Waals surface area contributed by atoms with E-state index in [0.29, 0.717) is 16.5 Å². The van der Waals surface area contributed by atoms with Gasteiger partial charge in [-0.15, -0.1) is 0 Å². The van der Waals surface area contributed by atoms with Crippen LogP contribution in [0.4, 0.5) is 13.2 Å². The average Bonchev–Trinajstić information content (AvgIpc) is 2.99. The third kappa shape index (κ3) is 2.73. The molecule has 5 nitrogen and oxygen atoms in total. The molecule has 0 radical (unpaired) electrons. The first kappa shape index (κ1) is 15.6. The zero-order valence-electron chi connectivity index (χ0n) is 12.5. The summed E-state index contributed by atoms with van der Waals surface area (Å²) in [6, 6.07) is 1.63. The Bertz CT molecular complexity index is 798. The van der Waals surface area contributed by atoms with Gasteiger partial charge in [0.15, 0.2) is 0 Å². The van der Waals surface area contributed by atoms with Crippen molar-refractivity contribution >= 4 is 16.8 Å². The van der Waals surface area contributed by atoms with Gasteiger partial charge in [-0.05, 0) is 18.9 Å². The Morgan fingerprint density at radius 1 is 1.30 bits per heavy atom. The van der Waals surface area contributed by atoms with Gasteiger partial charge >= 0.3 is 6.18 Å². The number of pyridine rings is 1. The van der Waals surface area contributed by atoms with E-state index in [0.717, 1.165) is 0 Å². The number of aryl methyl sites for hydroxylation is 1. The minimum atomic E-state index is -4.21. The number of carbonyl (C=O) groups is 1. The largest absolute Gasteiger partial charge is 0.391 e. The highest BCUT2D eigenvalue weighted by atomic mass is 19.4. The van der Waals surface area contributed by atoms with Crippen LogP contribution in [0.1, 0.15) is 23.2 Å². The van der Waals surface area contributed by atoms with Crippen LogP contribution in [0.5, 0.6) is 0 Å². The standard InChI is InChI=1S/C15H16F3N3O2/c1-20-8-11(10-2-5-19-12(10)14(20)23)13(22)21-6-3-9(4-7-21)15(16,17)18/h2,5,8-9,19H,3-4,6-7H2,1H3. The van der Waals surface area contributed by atoms with Gasteiger partial charge in [-0.3, -0.25) is 9.59 Å². The molecule has 0 saturated carbocycles. The predicted molar refractivity (Wildman–Crippen MR) is 78.2 cm³/mol. The predicted octanol–water partition coefficient (Wildman–Crippen LogP) is 2.28. The molecule has 8 heteroatoms. The molecule has 0 bridgehead atoms. The number of likely N-dealkylation sites (tertiary alicyclic amines) is 1. The number of H-pyrrole nitrogens is 1. The van der Waals surface area contributed by atoms with Crippen LogP contribution in [0, 0.1) is 5.92 Å². The summed E-state index contributed by atoms with van der Waals surface area (Å²) in [5.74, 6) is -1.69. The molecular weight excluding hydrogens is 311 g/mol. The Labute approximate surface area is 129 Å². The van der Waals surface area contributed by atoms with E-state index in [1.165, 1.54) is 22.7 Å². The smallest absolute Gasteiger partial charge is 0.357 e. The molecule has 0 aromatic carbocycles. The topological polar surface area (TPSA) is 58.1 Å². The van der Waals surface area contributed by atoms with Crippen molar-refractivity contribution in [3.05, 3.63) is 34.4 Å². The molecule has 2 aromatic heterocycles. The van der Waals surface area contributed by atoms with E-state index in [-0.39, 0.29) is 37.4 Å². The van der Waals surface area contributed by atoms with Crippen molar-refractivity contribution in [1.29, 1.82) is 0 Å². The van der Waals surface area contributed by atoms with Crippen LogP contribution in [0.15, 0.2) is 23.3 Å². The molecule has 2 aromatic rings. The van der Waals surface area contributed by atoms with Crippen molar-refractivity contribution < 1.29 is 18.0 Å². The highest BCUT2D eigenvalue weighted by Crippen LogP contribution is 2.34. The zero-order chi connectivity index (χ0) is 16.8. The Balaban J connectivity index is 1.87. The maximum atomic E-state index is 12.7. The number of nitrogens with zero attached hydrogens (tertiary/aromatic N) is 2. The summed E-state index contributed by atoms with van der Waals surface area (Å²) >= 11 is 0. The van der Waals surface area contributed by atoms with Crippen molar-refractivity contribution in [3.8, 4) is 0 Å². The lowest BCUT2D eigenvalue weighted by Gasteiger charge is -2.33. The second-order valence-corrected chi connectivity index (χ2v) is 5.83. The number of hydrogen-bond donors (Lipinski definition) is 1. The van der Waals surface area contributed by atoms with Gasteiger partial charge in [-0.2, -0.15) is 13.2 Å². The van der Waals surface area contributed by atoms with Crippen LogP contribution >= 0.6 is 0 Å². The number of amides is 1. The van der Waals surface area contributed by atoms with E-state index in [4.69, 9.17) is 0 Å². The molecule has 1 aliphatic rings. The lowest BCUT2D eigenvalue weighted by Crippen LogP contribution is -2.42. The van der Waals surface area contributed by atoms with Crippen molar-refractivity contribution in [2.75, 3.05) is 13.1 Å². The second kappa shape index (κ2) is 5.43. The molecule has 1 amide bonds. The van der Waals surface area contributed by atoms with Crippen molar-refractivity contribution in [1.82, 2.24) is 14.5 Å². The molecule has 1 fully saturated rings. The Hall–Kier alpha value is -2.25. The van der Waals surface area contributed by atoms with Gasteiger partial charge in [-0.1, -0.05) is 0 Å². The maximum absolute atomic E-state index is 12.7. The molecule has 0 spiro atoms. The molecule has 3 rings (SSSR count). The normalized spacial score (nSPS) is 17.0. The van der Waals surface area contributed by atoms with Crippen LogP contribution in [-0.4, -0.2) is 39.6 Å². The summed E-state index contributed by atoms with van der Waals surface area (Å²) in [6.45, 7) is 0.134. The molecule has 1 aliphatic heterocycles. The summed E-state index contributed by atoms with van der Waals surface area (Å²) in [5.41, 5.74) is 0.398. The van der Waals surface area contributed by atoms with Crippen molar-refractivity contribution in [2.24, 2.45) is 13.0 Å². The molecule has 0 aliphatic carbocycles. The average molecular weight is 327 g/mol. The molecule has 23 heavy (non-hydrogen) atoms. The molecule has 1 N–H and O–H groups in total. The number of halogens is 3. The van der Waals surface area contributed by atoms with E-state index in [1.807, 2.05) is 0 Å². The second-order valence-electron chi connectivity index (χ2n) is 5.83. The molecule has 124 valence electrons. The Morgan fingerprint density at radius 2 is 1.96 bits per heavy atom. The Morgan fingerprint density at radius 3 is 2.57 bits per heavy atom. The van der Waals surface area contributed by atoms with Gasteiger partial charge in [0.1, 0.15) is 5.52 Å². The van der Waals surface area contributed by atoms with Crippen LogP contribution in [-0.2, 0) is 7.05 Å². The first-order valence-electron chi connectivity index (χ1n) is 7.31. The fourth-order valence-corrected chi connectivity index (χ4v) is 3.02. The minimum absolute atomic E-state index is 0.0672. The highest BCUT2D eigenvalue weighted by molar-refractivity contribution is 6.05. The third-order valence-electron chi connectivity index (χ3n) is 4.37. The van der Waals surface area contributed by atoms with Crippen LogP contribution in [0.3, 0.4) is 0 Å². The molecular formula is C15H16F3N3O2. The van der Waals surface area contributed by atoms with Gasteiger partial charge in [-0.25, -0.2) is 0 Å². The van der Waals surface area contributed by atoms with Crippen LogP contribution in [0.2, 0.25) is 0 Å². The number of rotatable bonds is 1. The lowest BCUT2D eigenvalue weighted by molar-refractivity contribution is -0.183. The summed E-state index contributed by atoms with van der Waals surface area (Å²) in [4.78, 5) is 28.8. The number of carbonyl (C=O) groups excluding carboxylic acids is 1. The van der Waals surface area contributed by atoms with E-state index >= 15 is 0 Å². The monoisotopic (exact) mass is 327 g/mol. The van der Waals surface area contributed by atoms with E-state index in [2.05, 4.69) is 4.98 Å². The number of fused-ring (bicyclic) bond motifs is 1. The van der Waals surface area contributed by atoms with Gasteiger partial charge in [0.05, 0.1) is 11.5 Å². The number of nitrogens with one attached hydrogen (secondary N) is 1. The van der Waals surface area contributed by atoms with Crippen LogP contribution < -0.4 is 5.56 Å². The van der Waals surface area contributed by atoms with Gasteiger partial charge in [0, 0.05) is 37.9 Å². The van der Waals surface area contributed by atoms with Gasteiger partial charge in [0.2, 0.25) is 0 Å². The van der Waals surface area contributed by atoms with Crippen molar-refractivity contribution in [2.45, 2.75) is 19.0 Å². The summed E-state index contributed by atoms with van der Waals surface area (Å²) in [5, 5.41) is 0.496. The Kier molecular flexibility index (Phi) is 3.69. The number of aromatic nitrogens is 2. The van der Waals surface area contributed by atoms with E-state index in [9.17, 15) is 22.8 Å². The number of hydrogen-bond acceptors (Lipinski definition) is 2. The van der Waals surface area contributed by atoms with E-state index in [1.54, 1.807) is 12.3 Å². The summed E-state index contributed by atoms with van der Waals surface area (Å²) < 4.78 is 39.4. The molecule has 1 saturated heterocycles. The van der Waals surface area contributed by atoms with Gasteiger partial charge < -0.3 is 14.5 Å². The van der Waals surface area contributed by atoms with Crippen LogP contribution in [0.25, 0.3) is 10.9 Å². The lowest BCUT2D eigenvalue weighted by atomic mass is 9.95.